The van der Waals surface area contributed by atoms with Crippen molar-refractivity contribution in [3.63, 3.8) is 0 Å². The normalized spacial score (nSPS) is 21.5. The molecule has 1 amide bonds. The fourth-order valence-electron chi connectivity index (χ4n) is 2.75. The predicted octanol–water partition coefficient (Wildman–Crippen LogP) is 2.14. The third-order valence-corrected chi connectivity index (χ3v) is 4.09. The van der Waals surface area contributed by atoms with E-state index in [1.165, 1.54) is 4.90 Å². The smallest absolute Gasteiger partial charge is 0.231 e. The second-order valence-corrected chi connectivity index (χ2v) is 5.80. The molecule has 3 N–H and O–H groups in total. The summed E-state index contributed by atoms with van der Waals surface area (Å²) in [5, 5.41) is 12.1. The number of benzene rings is 1. The zero-order chi connectivity index (χ0) is 15.9. The first-order valence-electron chi connectivity index (χ1n) is 7.12. The molecule has 1 saturated heterocycles. The SMILES string of the molecule is CC#Cc1ccc2[nH]c(C3(C)CC(=O)N(C)C(=N)N3)cc2c1. The highest BCUT2D eigenvalue weighted by Crippen LogP contribution is 2.30. The van der Waals surface area contributed by atoms with Crippen molar-refractivity contribution in [3.8, 4) is 11.8 Å². The van der Waals surface area contributed by atoms with Gasteiger partial charge in [0.25, 0.3) is 0 Å². The standard InChI is InChI=1S/C17H18N4O/c1-4-5-11-6-7-13-12(8-11)9-14(19-13)17(2)10-15(22)21(3)16(18)20-17/h6-9,19H,10H2,1-3H3,(H2,18,20). The number of amides is 1. The molecular formula is C17H18N4O. The highest BCUT2D eigenvalue weighted by atomic mass is 16.2. The Kier molecular flexibility index (Phi) is 3.18. The number of aromatic nitrogens is 1. The fourth-order valence-corrected chi connectivity index (χ4v) is 2.75. The van der Waals surface area contributed by atoms with Gasteiger partial charge in [0.1, 0.15) is 0 Å². The van der Waals surface area contributed by atoms with Crippen molar-refractivity contribution in [2.24, 2.45) is 0 Å². The van der Waals surface area contributed by atoms with Gasteiger partial charge in [0.2, 0.25) is 5.91 Å². The second-order valence-electron chi connectivity index (χ2n) is 5.80. The minimum atomic E-state index is -0.601. The summed E-state index contributed by atoms with van der Waals surface area (Å²) in [6, 6.07) is 8.01. The number of guanidine groups is 1. The van der Waals surface area contributed by atoms with E-state index >= 15 is 0 Å². The molecule has 1 atom stereocenters. The van der Waals surface area contributed by atoms with Crippen LogP contribution in [0.2, 0.25) is 0 Å². The molecule has 112 valence electrons. The van der Waals surface area contributed by atoms with Crippen LogP contribution in [0.3, 0.4) is 0 Å². The van der Waals surface area contributed by atoms with Crippen molar-refractivity contribution < 1.29 is 4.79 Å². The maximum absolute atomic E-state index is 12.1. The van der Waals surface area contributed by atoms with Gasteiger partial charge in [-0.25, -0.2) is 0 Å². The summed E-state index contributed by atoms with van der Waals surface area (Å²) in [5.41, 5.74) is 2.26. The van der Waals surface area contributed by atoms with Gasteiger partial charge in [-0.05, 0) is 38.1 Å². The predicted molar refractivity (Wildman–Crippen MR) is 86.5 cm³/mol. The molecule has 1 aromatic carbocycles. The molecule has 1 fully saturated rings. The Hall–Kier alpha value is -2.74. The summed E-state index contributed by atoms with van der Waals surface area (Å²) in [7, 11) is 1.61. The molecule has 1 aliphatic heterocycles. The van der Waals surface area contributed by atoms with Crippen LogP contribution >= 0.6 is 0 Å². The number of rotatable bonds is 1. The van der Waals surface area contributed by atoms with Gasteiger partial charge in [-0.15, -0.1) is 5.92 Å². The summed E-state index contributed by atoms with van der Waals surface area (Å²) in [5.74, 6) is 5.99. The minimum absolute atomic E-state index is 0.0672. The van der Waals surface area contributed by atoms with E-state index in [0.717, 1.165) is 22.2 Å². The van der Waals surface area contributed by atoms with Gasteiger partial charge in [0, 0.05) is 29.2 Å². The monoisotopic (exact) mass is 294 g/mol. The van der Waals surface area contributed by atoms with Crippen LogP contribution in [-0.2, 0) is 10.3 Å². The number of nitrogens with zero attached hydrogens (tertiary/aromatic N) is 1. The minimum Gasteiger partial charge on any atom is -0.356 e. The Morgan fingerprint density at radius 2 is 2.14 bits per heavy atom. The highest BCUT2D eigenvalue weighted by Gasteiger charge is 2.38. The van der Waals surface area contributed by atoms with Crippen molar-refractivity contribution in [1.82, 2.24) is 15.2 Å². The summed E-state index contributed by atoms with van der Waals surface area (Å²) >= 11 is 0. The zero-order valence-electron chi connectivity index (χ0n) is 12.9. The van der Waals surface area contributed by atoms with Gasteiger partial charge in [-0.3, -0.25) is 15.1 Å². The lowest BCUT2D eigenvalue weighted by molar-refractivity contribution is -0.129. The van der Waals surface area contributed by atoms with E-state index in [1.54, 1.807) is 7.05 Å². The number of carbonyl (C=O) groups is 1. The van der Waals surface area contributed by atoms with Crippen LogP contribution in [0.1, 0.15) is 31.5 Å². The molecule has 1 unspecified atom stereocenters. The quantitative estimate of drug-likeness (QED) is 0.705. The fraction of sp³-hybridized carbons (Fsp3) is 0.294. The molecule has 2 aromatic rings. The Balaban J connectivity index is 2.03. The average molecular weight is 294 g/mol. The number of hydrogen-bond donors (Lipinski definition) is 3. The lowest BCUT2D eigenvalue weighted by Gasteiger charge is -2.38. The van der Waals surface area contributed by atoms with E-state index in [4.69, 9.17) is 5.41 Å². The molecule has 0 spiro atoms. The zero-order valence-corrected chi connectivity index (χ0v) is 12.9. The second kappa shape index (κ2) is 4.92. The van der Waals surface area contributed by atoms with Crippen LogP contribution in [0.15, 0.2) is 24.3 Å². The maximum atomic E-state index is 12.1. The first-order valence-corrected chi connectivity index (χ1v) is 7.12. The van der Waals surface area contributed by atoms with E-state index in [-0.39, 0.29) is 11.9 Å². The van der Waals surface area contributed by atoms with Crippen molar-refractivity contribution in [1.29, 1.82) is 5.41 Å². The number of aromatic amines is 1. The molecule has 0 saturated carbocycles. The first kappa shape index (κ1) is 14.2. The van der Waals surface area contributed by atoms with Gasteiger partial charge >= 0.3 is 0 Å². The number of nitrogens with one attached hydrogen (secondary N) is 3. The van der Waals surface area contributed by atoms with Crippen molar-refractivity contribution in [2.75, 3.05) is 7.05 Å². The van der Waals surface area contributed by atoms with Crippen LogP contribution in [0.4, 0.5) is 0 Å². The van der Waals surface area contributed by atoms with Gasteiger partial charge in [0.15, 0.2) is 5.96 Å². The molecule has 5 nitrogen and oxygen atoms in total. The van der Waals surface area contributed by atoms with Crippen molar-refractivity contribution in [2.45, 2.75) is 25.8 Å². The van der Waals surface area contributed by atoms with Gasteiger partial charge in [-0.1, -0.05) is 5.92 Å². The molecule has 0 bridgehead atoms. The Morgan fingerprint density at radius 3 is 2.82 bits per heavy atom. The molecule has 1 aromatic heterocycles. The largest absolute Gasteiger partial charge is 0.356 e. The van der Waals surface area contributed by atoms with Crippen LogP contribution in [0.5, 0.6) is 0 Å². The lowest BCUT2D eigenvalue weighted by Crippen LogP contribution is -2.58. The average Bonchev–Trinajstić information content (AvgIpc) is 2.89. The summed E-state index contributed by atoms with van der Waals surface area (Å²) in [6.45, 7) is 3.75. The molecule has 22 heavy (non-hydrogen) atoms. The molecule has 0 radical (unpaired) electrons. The number of hydrogen-bond acceptors (Lipinski definition) is 2. The van der Waals surface area contributed by atoms with Crippen molar-refractivity contribution >= 4 is 22.8 Å². The third kappa shape index (κ3) is 2.23. The molecule has 1 aliphatic rings. The lowest BCUT2D eigenvalue weighted by atomic mass is 9.91. The van der Waals surface area contributed by atoms with Crippen LogP contribution in [0.25, 0.3) is 10.9 Å². The van der Waals surface area contributed by atoms with Gasteiger partial charge in [0.05, 0.1) is 12.0 Å². The third-order valence-electron chi connectivity index (χ3n) is 4.09. The van der Waals surface area contributed by atoms with Crippen molar-refractivity contribution in [3.05, 3.63) is 35.5 Å². The van der Waals surface area contributed by atoms with Crippen LogP contribution in [0, 0.1) is 17.3 Å². The van der Waals surface area contributed by atoms with Gasteiger partial charge < -0.3 is 10.3 Å². The maximum Gasteiger partial charge on any atom is 0.231 e. The Morgan fingerprint density at radius 1 is 1.36 bits per heavy atom. The number of H-pyrrole nitrogens is 1. The molecule has 2 heterocycles. The van der Waals surface area contributed by atoms with E-state index in [2.05, 4.69) is 22.1 Å². The first-order chi connectivity index (χ1) is 10.4. The number of fused-ring (bicyclic) bond motifs is 1. The van der Waals surface area contributed by atoms with Gasteiger partial charge in [-0.2, -0.15) is 0 Å². The van der Waals surface area contributed by atoms with E-state index in [1.807, 2.05) is 38.1 Å². The molecule has 0 aliphatic carbocycles. The van der Waals surface area contributed by atoms with Crippen LogP contribution in [-0.4, -0.2) is 28.8 Å². The Labute approximate surface area is 129 Å². The molecule has 3 rings (SSSR count). The summed E-state index contributed by atoms with van der Waals surface area (Å²) < 4.78 is 0. The summed E-state index contributed by atoms with van der Waals surface area (Å²) in [4.78, 5) is 16.7. The molecular weight excluding hydrogens is 276 g/mol. The summed E-state index contributed by atoms with van der Waals surface area (Å²) in [6.07, 6.45) is 0.306. The topological polar surface area (TPSA) is 72.0 Å². The van der Waals surface area contributed by atoms with E-state index < -0.39 is 5.54 Å². The Bertz CT molecular complexity index is 819. The number of carbonyl (C=O) groups excluding carboxylic acids is 1. The van der Waals surface area contributed by atoms with Crippen LogP contribution < -0.4 is 5.32 Å². The molecule has 5 heteroatoms. The highest BCUT2D eigenvalue weighted by molar-refractivity contribution is 5.99. The van der Waals surface area contributed by atoms with E-state index in [0.29, 0.717) is 6.42 Å². The van der Waals surface area contributed by atoms with E-state index in [9.17, 15) is 4.79 Å².